The van der Waals surface area contributed by atoms with Crippen LogP contribution in [0.4, 0.5) is 4.79 Å². The Balaban J connectivity index is 1.71. The van der Waals surface area contributed by atoms with E-state index in [1.165, 1.54) is 6.42 Å². The summed E-state index contributed by atoms with van der Waals surface area (Å²) in [6.07, 6.45) is 2.38. The number of piperidine rings is 1. The standard InChI is InChI=1S/C11H21N3O/c1-7(2)5-13-11(15)14-10-4-8-3-9(10)12-6-8/h7-10,12H,3-6H2,1-2H3,(H2,13,14,15). The second kappa shape index (κ2) is 4.39. The molecule has 4 heteroatoms. The van der Waals surface area contributed by atoms with Crippen LogP contribution in [-0.4, -0.2) is 31.2 Å². The summed E-state index contributed by atoms with van der Waals surface area (Å²) in [5.74, 6) is 1.29. The van der Waals surface area contributed by atoms with Crippen molar-refractivity contribution in [3.8, 4) is 0 Å². The van der Waals surface area contributed by atoms with Crippen molar-refractivity contribution in [3.63, 3.8) is 0 Å². The molecule has 2 amide bonds. The van der Waals surface area contributed by atoms with Gasteiger partial charge in [0.15, 0.2) is 0 Å². The maximum Gasteiger partial charge on any atom is 0.315 e. The molecule has 86 valence electrons. The third kappa shape index (κ3) is 2.62. The SMILES string of the molecule is CC(C)CNC(=O)NC1CC2CNC1C2. The molecule has 2 aliphatic rings. The van der Waals surface area contributed by atoms with Gasteiger partial charge in [0, 0.05) is 18.6 Å². The first-order chi connectivity index (χ1) is 7.15. The number of hydrogen-bond donors (Lipinski definition) is 3. The zero-order valence-corrected chi connectivity index (χ0v) is 9.55. The number of rotatable bonds is 3. The van der Waals surface area contributed by atoms with Gasteiger partial charge in [-0.2, -0.15) is 0 Å². The van der Waals surface area contributed by atoms with Gasteiger partial charge in [-0.3, -0.25) is 0 Å². The predicted molar refractivity (Wildman–Crippen MR) is 59.7 cm³/mol. The third-order valence-electron chi connectivity index (χ3n) is 3.32. The molecule has 0 radical (unpaired) electrons. The molecule has 1 saturated carbocycles. The Morgan fingerprint density at radius 3 is 2.80 bits per heavy atom. The zero-order valence-electron chi connectivity index (χ0n) is 9.55. The minimum Gasteiger partial charge on any atom is -0.338 e. The number of carbonyl (C=O) groups is 1. The summed E-state index contributed by atoms with van der Waals surface area (Å²) in [7, 11) is 0. The summed E-state index contributed by atoms with van der Waals surface area (Å²) < 4.78 is 0. The topological polar surface area (TPSA) is 53.2 Å². The van der Waals surface area contributed by atoms with E-state index in [1.54, 1.807) is 0 Å². The van der Waals surface area contributed by atoms with Gasteiger partial charge in [0.05, 0.1) is 0 Å². The lowest BCUT2D eigenvalue weighted by Crippen LogP contribution is -2.51. The molecule has 3 atom stereocenters. The van der Waals surface area contributed by atoms with E-state index in [1.807, 2.05) is 0 Å². The zero-order chi connectivity index (χ0) is 10.8. The number of fused-ring (bicyclic) bond motifs is 2. The van der Waals surface area contributed by atoms with Crippen LogP contribution >= 0.6 is 0 Å². The van der Waals surface area contributed by atoms with Gasteiger partial charge in [-0.15, -0.1) is 0 Å². The van der Waals surface area contributed by atoms with Gasteiger partial charge in [0.2, 0.25) is 0 Å². The van der Waals surface area contributed by atoms with Crippen LogP contribution in [-0.2, 0) is 0 Å². The van der Waals surface area contributed by atoms with E-state index in [0.29, 0.717) is 18.0 Å². The molecule has 15 heavy (non-hydrogen) atoms. The van der Waals surface area contributed by atoms with Crippen LogP contribution < -0.4 is 16.0 Å². The molecule has 4 nitrogen and oxygen atoms in total. The Morgan fingerprint density at radius 1 is 1.47 bits per heavy atom. The first-order valence-electron chi connectivity index (χ1n) is 5.93. The first-order valence-corrected chi connectivity index (χ1v) is 5.93. The number of hydrogen-bond acceptors (Lipinski definition) is 2. The largest absolute Gasteiger partial charge is 0.338 e. The van der Waals surface area contributed by atoms with Crippen LogP contribution in [0.5, 0.6) is 0 Å². The van der Waals surface area contributed by atoms with Crippen molar-refractivity contribution in [1.82, 2.24) is 16.0 Å². The van der Waals surface area contributed by atoms with Crippen molar-refractivity contribution in [3.05, 3.63) is 0 Å². The maximum atomic E-state index is 11.5. The van der Waals surface area contributed by atoms with Crippen molar-refractivity contribution in [1.29, 1.82) is 0 Å². The smallest absolute Gasteiger partial charge is 0.315 e. The second-order valence-electron chi connectivity index (χ2n) is 5.21. The summed E-state index contributed by atoms with van der Waals surface area (Å²) in [5, 5.41) is 9.38. The lowest BCUT2D eigenvalue weighted by molar-refractivity contribution is 0.232. The van der Waals surface area contributed by atoms with E-state index in [2.05, 4.69) is 29.8 Å². The van der Waals surface area contributed by atoms with Gasteiger partial charge < -0.3 is 16.0 Å². The summed E-state index contributed by atoms with van der Waals surface area (Å²) in [6.45, 7) is 6.08. The Labute approximate surface area is 91.2 Å². The normalized spacial score (nSPS) is 33.4. The molecule has 1 aliphatic heterocycles. The van der Waals surface area contributed by atoms with Crippen LogP contribution in [0.1, 0.15) is 26.7 Å². The van der Waals surface area contributed by atoms with Crippen LogP contribution in [0.2, 0.25) is 0 Å². The molecular formula is C11H21N3O. The molecule has 0 spiro atoms. The highest BCUT2D eigenvalue weighted by molar-refractivity contribution is 5.74. The van der Waals surface area contributed by atoms with Crippen molar-refractivity contribution in [2.75, 3.05) is 13.1 Å². The lowest BCUT2D eigenvalue weighted by Gasteiger charge is -2.24. The summed E-state index contributed by atoms with van der Waals surface area (Å²) >= 11 is 0. The minimum atomic E-state index is -0.0111. The summed E-state index contributed by atoms with van der Waals surface area (Å²) in [4.78, 5) is 11.5. The summed E-state index contributed by atoms with van der Waals surface area (Å²) in [6, 6.07) is 0.846. The molecule has 1 saturated heterocycles. The number of carbonyl (C=O) groups excluding carboxylic acids is 1. The number of urea groups is 1. The highest BCUT2D eigenvalue weighted by atomic mass is 16.2. The van der Waals surface area contributed by atoms with Crippen LogP contribution in [0.3, 0.4) is 0 Å². The fourth-order valence-electron chi connectivity index (χ4n) is 2.53. The van der Waals surface area contributed by atoms with Gasteiger partial charge in [-0.05, 0) is 31.2 Å². The molecular weight excluding hydrogens is 190 g/mol. The highest BCUT2D eigenvalue weighted by Crippen LogP contribution is 2.30. The van der Waals surface area contributed by atoms with E-state index >= 15 is 0 Å². The van der Waals surface area contributed by atoms with Gasteiger partial charge in [0.25, 0.3) is 0 Å². The maximum absolute atomic E-state index is 11.5. The average Bonchev–Trinajstić information content (AvgIpc) is 2.76. The van der Waals surface area contributed by atoms with Crippen molar-refractivity contribution in [2.24, 2.45) is 11.8 Å². The Kier molecular flexibility index (Phi) is 3.14. The van der Waals surface area contributed by atoms with Crippen LogP contribution in [0, 0.1) is 11.8 Å². The van der Waals surface area contributed by atoms with Crippen LogP contribution in [0.25, 0.3) is 0 Å². The van der Waals surface area contributed by atoms with Crippen LogP contribution in [0.15, 0.2) is 0 Å². The minimum absolute atomic E-state index is 0.0111. The number of nitrogens with one attached hydrogen (secondary N) is 3. The molecule has 0 aromatic rings. The molecule has 3 unspecified atom stereocenters. The van der Waals surface area contributed by atoms with Gasteiger partial charge in [0.1, 0.15) is 0 Å². The van der Waals surface area contributed by atoms with E-state index in [-0.39, 0.29) is 6.03 Å². The number of amides is 2. The predicted octanol–water partition coefficient (Wildman–Crippen LogP) is 0.692. The third-order valence-corrected chi connectivity index (χ3v) is 3.32. The molecule has 2 rings (SSSR count). The molecule has 0 aromatic heterocycles. The van der Waals surface area contributed by atoms with Gasteiger partial charge in [-0.1, -0.05) is 13.8 Å². The van der Waals surface area contributed by atoms with Crippen molar-refractivity contribution >= 4 is 6.03 Å². The lowest BCUT2D eigenvalue weighted by atomic mass is 10.1. The Bertz CT molecular complexity index is 242. The molecule has 1 heterocycles. The van der Waals surface area contributed by atoms with E-state index in [9.17, 15) is 4.79 Å². The quantitative estimate of drug-likeness (QED) is 0.643. The second-order valence-corrected chi connectivity index (χ2v) is 5.21. The Morgan fingerprint density at radius 2 is 2.27 bits per heavy atom. The molecule has 2 bridgehead atoms. The van der Waals surface area contributed by atoms with Gasteiger partial charge in [-0.25, -0.2) is 4.79 Å². The monoisotopic (exact) mass is 211 g/mol. The Hall–Kier alpha value is -0.770. The molecule has 2 fully saturated rings. The molecule has 1 aliphatic carbocycles. The highest BCUT2D eigenvalue weighted by Gasteiger charge is 2.39. The molecule has 3 N–H and O–H groups in total. The van der Waals surface area contributed by atoms with Crippen molar-refractivity contribution in [2.45, 2.75) is 38.8 Å². The van der Waals surface area contributed by atoms with E-state index in [0.717, 1.165) is 25.4 Å². The molecule has 0 aromatic carbocycles. The summed E-state index contributed by atoms with van der Waals surface area (Å²) in [5.41, 5.74) is 0. The van der Waals surface area contributed by atoms with Crippen molar-refractivity contribution < 1.29 is 4.79 Å². The fourth-order valence-corrected chi connectivity index (χ4v) is 2.53. The fraction of sp³-hybridized carbons (Fsp3) is 0.909. The van der Waals surface area contributed by atoms with Gasteiger partial charge >= 0.3 is 6.03 Å². The van der Waals surface area contributed by atoms with E-state index in [4.69, 9.17) is 0 Å². The van der Waals surface area contributed by atoms with E-state index < -0.39 is 0 Å². The first kappa shape index (κ1) is 10.7. The average molecular weight is 211 g/mol.